The molecule has 88 valence electrons. The SMILES string of the molecule is O=C(CF)OC(CCF)c1ccc(F)cc1. The van der Waals surface area contributed by atoms with Gasteiger partial charge in [0, 0.05) is 6.42 Å². The van der Waals surface area contributed by atoms with Gasteiger partial charge >= 0.3 is 5.97 Å². The first-order chi connectivity index (χ1) is 7.67. The van der Waals surface area contributed by atoms with Gasteiger partial charge in [-0.2, -0.15) is 0 Å². The molecule has 0 fully saturated rings. The number of benzene rings is 1. The van der Waals surface area contributed by atoms with Crippen molar-refractivity contribution in [2.24, 2.45) is 0 Å². The van der Waals surface area contributed by atoms with Gasteiger partial charge in [0.1, 0.15) is 11.9 Å². The highest BCUT2D eigenvalue weighted by atomic mass is 19.1. The second kappa shape index (κ2) is 6.15. The summed E-state index contributed by atoms with van der Waals surface area (Å²) in [6, 6.07) is 5.09. The highest BCUT2D eigenvalue weighted by Gasteiger charge is 2.16. The lowest BCUT2D eigenvalue weighted by Crippen LogP contribution is -2.13. The van der Waals surface area contributed by atoms with E-state index >= 15 is 0 Å². The predicted octanol–water partition coefficient (Wildman–Crippen LogP) is 2.74. The molecule has 0 radical (unpaired) electrons. The van der Waals surface area contributed by atoms with E-state index in [9.17, 15) is 18.0 Å². The van der Waals surface area contributed by atoms with Crippen LogP contribution in [0.2, 0.25) is 0 Å². The lowest BCUT2D eigenvalue weighted by Gasteiger charge is -2.15. The number of halogens is 3. The van der Waals surface area contributed by atoms with Gasteiger partial charge in [-0.15, -0.1) is 0 Å². The maximum Gasteiger partial charge on any atom is 0.338 e. The topological polar surface area (TPSA) is 26.3 Å². The predicted molar refractivity (Wildman–Crippen MR) is 51.8 cm³/mol. The molecule has 0 aromatic heterocycles. The Morgan fingerprint density at radius 2 is 1.88 bits per heavy atom. The molecule has 0 heterocycles. The van der Waals surface area contributed by atoms with Crippen molar-refractivity contribution in [1.29, 1.82) is 0 Å². The van der Waals surface area contributed by atoms with Crippen LogP contribution in [-0.4, -0.2) is 19.3 Å². The van der Waals surface area contributed by atoms with E-state index in [-0.39, 0.29) is 6.42 Å². The number of hydrogen-bond donors (Lipinski definition) is 0. The first-order valence-corrected chi connectivity index (χ1v) is 4.74. The Hall–Kier alpha value is -1.52. The van der Waals surface area contributed by atoms with Crippen LogP contribution in [0.4, 0.5) is 13.2 Å². The van der Waals surface area contributed by atoms with Gasteiger partial charge in [-0.25, -0.2) is 13.6 Å². The third-order valence-corrected chi connectivity index (χ3v) is 2.00. The lowest BCUT2D eigenvalue weighted by atomic mass is 10.1. The van der Waals surface area contributed by atoms with Crippen molar-refractivity contribution >= 4 is 5.97 Å². The van der Waals surface area contributed by atoms with E-state index in [4.69, 9.17) is 0 Å². The van der Waals surface area contributed by atoms with Crippen molar-refractivity contribution in [1.82, 2.24) is 0 Å². The molecule has 5 heteroatoms. The fraction of sp³-hybridized carbons (Fsp3) is 0.364. The summed E-state index contributed by atoms with van der Waals surface area (Å²) in [4.78, 5) is 10.7. The molecule has 1 aromatic rings. The second-order valence-electron chi connectivity index (χ2n) is 3.14. The summed E-state index contributed by atoms with van der Waals surface area (Å²) in [6.45, 7) is -1.97. The molecule has 0 bridgehead atoms. The Bertz CT molecular complexity index is 338. The number of alkyl halides is 2. The number of carbonyl (C=O) groups excluding carboxylic acids is 1. The first kappa shape index (κ1) is 12.5. The van der Waals surface area contributed by atoms with Crippen LogP contribution in [-0.2, 0) is 9.53 Å². The summed E-state index contributed by atoms with van der Waals surface area (Å²) in [5, 5.41) is 0. The molecule has 0 amide bonds. The molecule has 2 nitrogen and oxygen atoms in total. The van der Waals surface area contributed by atoms with Gasteiger partial charge in [-0.1, -0.05) is 12.1 Å². The molecule has 0 spiro atoms. The normalized spacial score (nSPS) is 12.2. The highest BCUT2D eigenvalue weighted by molar-refractivity contribution is 5.70. The van der Waals surface area contributed by atoms with Crippen molar-refractivity contribution in [2.75, 3.05) is 13.3 Å². The van der Waals surface area contributed by atoms with Crippen LogP contribution in [0.5, 0.6) is 0 Å². The van der Waals surface area contributed by atoms with Crippen molar-refractivity contribution in [3.05, 3.63) is 35.6 Å². The molecule has 0 saturated heterocycles. The zero-order valence-corrected chi connectivity index (χ0v) is 8.46. The Morgan fingerprint density at radius 1 is 1.25 bits per heavy atom. The van der Waals surface area contributed by atoms with Crippen molar-refractivity contribution in [3.63, 3.8) is 0 Å². The molecule has 1 aromatic carbocycles. The van der Waals surface area contributed by atoms with Crippen LogP contribution in [0.3, 0.4) is 0 Å². The molecule has 0 saturated carbocycles. The van der Waals surface area contributed by atoms with E-state index in [1.165, 1.54) is 24.3 Å². The Balaban J connectivity index is 2.76. The quantitative estimate of drug-likeness (QED) is 0.729. The molecular weight excluding hydrogens is 221 g/mol. The fourth-order valence-electron chi connectivity index (χ4n) is 1.26. The van der Waals surface area contributed by atoms with E-state index in [0.717, 1.165) is 0 Å². The second-order valence-corrected chi connectivity index (χ2v) is 3.14. The smallest absolute Gasteiger partial charge is 0.338 e. The Kier molecular flexibility index (Phi) is 4.82. The Morgan fingerprint density at radius 3 is 2.38 bits per heavy atom. The largest absolute Gasteiger partial charge is 0.455 e. The molecule has 1 rings (SSSR count). The van der Waals surface area contributed by atoms with Crippen LogP contribution >= 0.6 is 0 Å². The van der Waals surface area contributed by atoms with Crippen molar-refractivity contribution in [2.45, 2.75) is 12.5 Å². The molecule has 1 unspecified atom stereocenters. The van der Waals surface area contributed by atoms with Gasteiger partial charge in [0.25, 0.3) is 0 Å². The van der Waals surface area contributed by atoms with Crippen LogP contribution in [0.25, 0.3) is 0 Å². The van der Waals surface area contributed by atoms with Gasteiger partial charge in [-0.05, 0) is 17.7 Å². The van der Waals surface area contributed by atoms with Crippen LogP contribution in [0.15, 0.2) is 24.3 Å². The van der Waals surface area contributed by atoms with Crippen molar-refractivity contribution < 1.29 is 22.7 Å². The summed E-state index contributed by atoms with van der Waals surface area (Å²) < 4.78 is 41.5. The van der Waals surface area contributed by atoms with Crippen LogP contribution in [0.1, 0.15) is 18.1 Å². The molecule has 0 N–H and O–H groups in total. The monoisotopic (exact) mass is 232 g/mol. The summed E-state index contributed by atoms with van der Waals surface area (Å²) >= 11 is 0. The minimum absolute atomic E-state index is 0.0721. The average Bonchev–Trinajstić information content (AvgIpc) is 2.29. The number of carbonyl (C=O) groups is 1. The Labute approximate surface area is 91.0 Å². The molecule has 0 aliphatic heterocycles. The summed E-state index contributed by atoms with van der Waals surface area (Å²) in [6.07, 6.45) is -0.939. The van der Waals surface area contributed by atoms with E-state index in [1.807, 2.05) is 0 Å². The average molecular weight is 232 g/mol. The molecular formula is C11H11F3O2. The van der Waals surface area contributed by atoms with Gasteiger partial charge < -0.3 is 4.74 Å². The number of hydrogen-bond acceptors (Lipinski definition) is 2. The van der Waals surface area contributed by atoms with E-state index in [1.54, 1.807) is 0 Å². The third kappa shape index (κ3) is 3.56. The summed E-state index contributed by atoms with van der Waals surface area (Å²) in [5.74, 6) is -1.50. The molecule has 0 aliphatic rings. The van der Waals surface area contributed by atoms with Crippen molar-refractivity contribution in [3.8, 4) is 0 Å². The highest BCUT2D eigenvalue weighted by Crippen LogP contribution is 2.21. The minimum atomic E-state index is -1.26. The van der Waals surface area contributed by atoms with E-state index in [2.05, 4.69) is 4.74 Å². The third-order valence-electron chi connectivity index (χ3n) is 2.00. The zero-order valence-electron chi connectivity index (χ0n) is 8.46. The van der Waals surface area contributed by atoms with Gasteiger partial charge in [-0.3, -0.25) is 4.39 Å². The number of rotatable bonds is 5. The number of esters is 1. The summed E-state index contributed by atoms with van der Waals surface area (Å²) in [7, 11) is 0. The fourth-order valence-corrected chi connectivity index (χ4v) is 1.26. The van der Waals surface area contributed by atoms with Gasteiger partial charge in [0.2, 0.25) is 0 Å². The zero-order chi connectivity index (χ0) is 12.0. The minimum Gasteiger partial charge on any atom is -0.455 e. The van der Waals surface area contributed by atoms with Crippen LogP contribution < -0.4 is 0 Å². The van der Waals surface area contributed by atoms with E-state index < -0.39 is 31.2 Å². The van der Waals surface area contributed by atoms with Gasteiger partial charge in [0.15, 0.2) is 6.67 Å². The molecule has 1 atom stereocenters. The van der Waals surface area contributed by atoms with E-state index in [0.29, 0.717) is 5.56 Å². The van der Waals surface area contributed by atoms with Gasteiger partial charge in [0.05, 0.1) is 6.67 Å². The first-order valence-electron chi connectivity index (χ1n) is 4.74. The van der Waals surface area contributed by atoms with Crippen LogP contribution in [0, 0.1) is 5.82 Å². The molecule has 16 heavy (non-hydrogen) atoms. The maximum atomic E-state index is 12.6. The standard InChI is InChI=1S/C11H11F3O2/c12-6-5-10(16-11(15)7-13)8-1-3-9(14)4-2-8/h1-4,10H,5-7H2. The molecule has 0 aliphatic carbocycles. The number of ether oxygens (including phenoxy) is 1. The summed E-state index contributed by atoms with van der Waals surface area (Å²) in [5.41, 5.74) is 0.445. The maximum absolute atomic E-state index is 12.6. The lowest BCUT2D eigenvalue weighted by molar-refractivity contribution is -0.151.